The second-order valence-corrected chi connectivity index (χ2v) is 8.65. The lowest BCUT2D eigenvalue weighted by atomic mass is 9.69. The van der Waals surface area contributed by atoms with Gasteiger partial charge in [-0.15, -0.1) is 0 Å². The van der Waals surface area contributed by atoms with Gasteiger partial charge in [0.15, 0.2) is 0 Å². The van der Waals surface area contributed by atoms with Gasteiger partial charge in [0.05, 0.1) is 5.92 Å². The van der Waals surface area contributed by atoms with E-state index in [1.54, 1.807) is 0 Å². The fourth-order valence-corrected chi connectivity index (χ4v) is 5.78. The number of hydrogen-bond donors (Lipinski definition) is 0. The molecule has 0 aliphatic heterocycles. The van der Waals surface area contributed by atoms with Crippen molar-refractivity contribution in [3.63, 3.8) is 0 Å². The van der Waals surface area contributed by atoms with Crippen LogP contribution in [0.1, 0.15) is 46.5 Å². The van der Waals surface area contributed by atoms with Crippen LogP contribution >= 0.6 is 0 Å². The molecule has 4 heteroatoms. The monoisotopic (exact) mass is 330 g/mol. The first-order valence-corrected chi connectivity index (χ1v) is 9.34. The molecule has 130 valence electrons. The van der Waals surface area contributed by atoms with E-state index in [0.717, 1.165) is 19.3 Å². The largest absolute Gasteiger partial charge is 0.459 e. The fraction of sp³-hybridized carbons (Fsp3) is 0.750. The third-order valence-corrected chi connectivity index (χ3v) is 6.78. The van der Waals surface area contributed by atoms with E-state index in [4.69, 9.17) is 4.74 Å². The third kappa shape index (κ3) is 2.07. The van der Waals surface area contributed by atoms with Crippen molar-refractivity contribution in [3.05, 3.63) is 12.2 Å². The van der Waals surface area contributed by atoms with Crippen LogP contribution in [0.5, 0.6) is 0 Å². The second kappa shape index (κ2) is 5.27. The van der Waals surface area contributed by atoms with E-state index in [-0.39, 0.29) is 59.0 Å². The summed E-state index contributed by atoms with van der Waals surface area (Å²) in [6.07, 6.45) is 7.46. The van der Waals surface area contributed by atoms with Crippen LogP contribution in [-0.4, -0.2) is 23.1 Å². The minimum absolute atomic E-state index is 0.0510. The SMILES string of the molecule is CCCCC(C)(C)OC(=O)C1CC2C(=O)C1C1C3C=CC(C3=O)C21. The lowest BCUT2D eigenvalue weighted by Gasteiger charge is -2.35. The molecule has 0 aromatic heterocycles. The van der Waals surface area contributed by atoms with Crippen LogP contribution in [0.15, 0.2) is 12.2 Å². The van der Waals surface area contributed by atoms with Crippen LogP contribution in [-0.2, 0) is 19.1 Å². The number of esters is 1. The number of ketones is 2. The highest BCUT2D eigenvalue weighted by molar-refractivity contribution is 6.01. The van der Waals surface area contributed by atoms with Gasteiger partial charge in [0.25, 0.3) is 0 Å². The molecule has 0 N–H and O–H groups in total. The maximum atomic E-state index is 12.8. The number of allylic oxidation sites excluding steroid dienone is 2. The number of hydrogen-bond acceptors (Lipinski definition) is 4. The minimum atomic E-state index is -0.484. The molecule has 4 rings (SSSR count). The molecule has 0 saturated heterocycles. The van der Waals surface area contributed by atoms with Gasteiger partial charge in [-0.05, 0) is 44.9 Å². The molecular formula is C20H26O4. The van der Waals surface area contributed by atoms with Gasteiger partial charge in [-0.1, -0.05) is 25.5 Å². The molecule has 0 radical (unpaired) electrons. The lowest BCUT2D eigenvalue weighted by molar-refractivity contribution is -0.166. The molecule has 4 bridgehead atoms. The van der Waals surface area contributed by atoms with Crippen LogP contribution < -0.4 is 0 Å². The predicted molar refractivity (Wildman–Crippen MR) is 87.9 cm³/mol. The number of ether oxygens (including phenoxy) is 1. The summed E-state index contributed by atoms with van der Waals surface area (Å²) in [5.74, 6) is -0.496. The van der Waals surface area contributed by atoms with Crippen LogP contribution in [0.25, 0.3) is 0 Å². The van der Waals surface area contributed by atoms with Gasteiger partial charge >= 0.3 is 5.97 Å². The molecule has 4 aliphatic carbocycles. The third-order valence-electron chi connectivity index (χ3n) is 6.78. The summed E-state index contributed by atoms with van der Waals surface area (Å²) in [7, 11) is 0. The topological polar surface area (TPSA) is 60.4 Å². The number of unbranched alkanes of at least 4 members (excludes halogenated alkanes) is 1. The Balaban J connectivity index is 1.51. The molecule has 24 heavy (non-hydrogen) atoms. The molecular weight excluding hydrogens is 304 g/mol. The Bertz CT molecular complexity index is 632. The highest BCUT2D eigenvalue weighted by Crippen LogP contribution is 2.64. The molecule has 4 aliphatic rings. The molecule has 0 aromatic carbocycles. The molecule has 0 spiro atoms. The lowest BCUT2D eigenvalue weighted by Crippen LogP contribution is -2.39. The first-order chi connectivity index (χ1) is 11.4. The summed E-state index contributed by atoms with van der Waals surface area (Å²) in [6.45, 7) is 6.01. The smallest absolute Gasteiger partial charge is 0.310 e. The van der Waals surface area contributed by atoms with Crippen molar-refractivity contribution in [2.45, 2.75) is 52.1 Å². The molecule has 7 atom stereocenters. The second-order valence-electron chi connectivity index (χ2n) is 8.65. The van der Waals surface area contributed by atoms with Gasteiger partial charge < -0.3 is 4.74 Å². The minimum Gasteiger partial charge on any atom is -0.459 e. The van der Waals surface area contributed by atoms with Crippen LogP contribution in [0.3, 0.4) is 0 Å². The van der Waals surface area contributed by atoms with E-state index < -0.39 is 5.60 Å². The summed E-state index contributed by atoms with van der Waals surface area (Å²) in [5.41, 5.74) is -0.484. The average Bonchev–Trinajstić information content (AvgIpc) is 3.22. The highest BCUT2D eigenvalue weighted by Gasteiger charge is 2.69. The Hall–Kier alpha value is -1.45. The van der Waals surface area contributed by atoms with Crippen molar-refractivity contribution >= 4 is 17.5 Å². The van der Waals surface area contributed by atoms with Gasteiger partial charge in [-0.25, -0.2) is 0 Å². The molecule has 4 nitrogen and oxygen atoms in total. The zero-order chi connectivity index (χ0) is 17.2. The van der Waals surface area contributed by atoms with Crippen molar-refractivity contribution in [3.8, 4) is 0 Å². The Labute approximate surface area is 143 Å². The summed E-state index contributed by atoms with van der Waals surface area (Å²) in [5, 5.41) is 0. The van der Waals surface area contributed by atoms with E-state index in [2.05, 4.69) is 6.92 Å². The zero-order valence-corrected chi connectivity index (χ0v) is 14.7. The Kier molecular flexibility index (Phi) is 3.52. The van der Waals surface area contributed by atoms with E-state index in [0.29, 0.717) is 6.42 Å². The molecule has 0 amide bonds. The normalized spacial score (nSPS) is 42.0. The van der Waals surface area contributed by atoms with Crippen molar-refractivity contribution in [1.29, 1.82) is 0 Å². The first-order valence-electron chi connectivity index (χ1n) is 9.34. The fourth-order valence-electron chi connectivity index (χ4n) is 5.78. The molecule has 0 heterocycles. The van der Waals surface area contributed by atoms with Gasteiger partial charge in [-0.2, -0.15) is 0 Å². The Morgan fingerprint density at radius 1 is 1.17 bits per heavy atom. The van der Waals surface area contributed by atoms with Crippen molar-refractivity contribution in [2.24, 2.45) is 41.4 Å². The number of carbonyl (C=O) groups excluding carboxylic acids is 3. The highest BCUT2D eigenvalue weighted by atomic mass is 16.6. The molecule has 3 fully saturated rings. The molecule has 3 saturated carbocycles. The van der Waals surface area contributed by atoms with Crippen molar-refractivity contribution < 1.29 is 19.1 Å². The molecule has 0 aromatic rings. The van der Waals surface area contributed by atoms with E-state index in [1.807, 2.05) is 26.0 Å². The van der Waals surface area contributed by atoms with Crippen LogP contribution in [0, 0.1) is 41.4 Å². The summed E-state index contributed by atoms with van der Waals surface area (Å²) >= 11 is 0. The maximum Gasteiger partial charge on any atom is 0.310 e. The summed E-state index contributed by atoms with van der Waals surface area (Å²) in [6, 6.07) is 0. The molecule has 7 unspecified atom stereocenters. The average molecular weight is 330 g/mol. The van der Waals surface area contributed by atoms with Crippen LogP contribution in [0.4, 0.5) is 0 Å². The predicted octanol–water partition coefficient (Wildman–Crippen LogP) is 2.95. The summed E-state index contributed by atoms with van der Waals surface area (Å²) < 4.78 is 5.79. The quantitative estimate of drug-likeness (QED) is 0.442. The van der Waals surface area contributed by atoms with Crippen molar-refractivity contribution in [1.82, 2.24) is 0 Å². The zero-order valence-electron chi connectivity index (χ0n) is 14.7. The van der Waals surface area contributed by atoms with Gasteiger partial charge in [-0.3, -0.25) is 14.4 Å². The first kappa shape index (κ1) is 16.0. The number of Topliss-reactive ketones (excluding diaryl/α,β-unsaturated/α-hetero) is 2. The van der Waals surface area contributed by atoms with E-state index in [9.17, 15) is 14.4 Å². The van der Waals surface area contributed by atoms with Gasteiger partial charge in [0, 0.05) is 23.7 Å². The Morgan fingerprint density at radius 3 is 2.50 bits per heavy atom. The number of fused-ring (bicyclic) bond motifs is 9. The van der Waals surface area contributed by atoms with E-state index >= 15 is 0 Å². The van der Waals surface area contributed by atoms with Crippen molar-refractivity contribution in [2.75, 3.05) is 0 Å². The van der Waals surface area contributed by atoms with E-state index in [1.165, 1.54) is 0 Å². The number of rotatable bonds is 5. The Morgan fingerprint density at radius 2 is 1.83 bits per heavy atom. The maximum absolute atomic E-state index is 12.8. The standard InChI is InChI=1S/C20H26O4/c1-4-5-8-20(2,3)24-19(23)13-9-12-14-10-6-7-11(17(10)21)15(14)16(13)18(12)22/h6-7,10-16H,4-5,8-9H2,1-3H3. The van der Waals surface area contributed by atoms with Gasteiger partial charge in [0.1, 0.15) is 17.2 Å². The van der Waals surface area contributed by atoms with Gasteiger partial charge in [0.2, 0.25) is 0 Å². The summed E-state index contributed by atoms with van der Waals surface area (Å²) in [4.78, 5) is 37.8. The van der Waals surface area contributed by atoms with Crippen LogP contribution in [0.2, 0.25) is 0 Å². The number of carbonyl (C=O) groups is 3.